The minimum atomic E-state index is -0.183. The van der Waals surface area contributed by atoms with Crippen molar-refractivity contribution in [1.82, 2.24) is 14.5 Å². The van der Waals surface area contributed by atoms with Crippen molar-refractivity contribution in [3.63, 3.8) is 0 Å². The Balaban J connectivity index is 1.35. The number of nitrogens with zero attached hydrogens (tertiary/aromatic N) is 4. The zero-order valence-corrected chi connectivity index (χ0v) is 22.2. The Labute approximate surface area is 229 Å². The number of fused-ring (bicyclic) bond motifs is 1. The van der Waals surface area contributed by atoms with Crippen LogP contribution in [0.5, 0.6) is 0 Å². The summed E-state index contributed by atoms with van der Waals surface area (Å²) in [7, 11) is 0. The highest BCUT2D eigenvalue weighted by atomic mass is 16.1. The van der Waals surface area contributed by atoms with Crippen molar-refractivity contribution in [3.05, 3.63) is 125 Å². The van der Waals surface area contributed by atoms with E-state index < -0.39 is 0 Å². The van der Waals surface area contributed by atoms with Gasteiger partial charge < -0.3 is 10.2 Å². The van der Waals surface area contributed by atoms with E-state index in [2.05, 4.69) is 70.7 Å². The monoisotopic (exact) mass is 515 g/mol. The van der Waals surface area contributed by atoms with Crippen molar-refractivity contribution >= 4 is 28.4 Å². The molecule has 6 nitrogen and oxygen atoms in total. The maximum atomic E-state index is 13.4. The fraction of sp³-hybridized carbons (Fsp3) is 0.242. The first-order valence-corrected chi connectivity index (χ1v) is 13.8. The van der Waals surface area contributed by atoms with Crippen molar-refractivity contribution in [1.29, 1.82) is 0 Å². The molecule has 5 aromatic rings. The standard InChI is InChI=1S/C33H33N5O/c1-24(31(25-11-5-2-6-12-25)26-13-7-3-8-14-26)38-30(39)20-15-27-23-34-33(36-32(27)38)35-28-16-18-29(19-17-28)37-21-9-4-10-22-37/h2-3,5-8,11-20,23-24,31H,4,9-10,21-22H2,1H3,(H,34,35,36). The van der Waals surface area contributed by atoms with E-state index in [1.807, 2.05) is 41.0 Å². The molecule has 1 N–H and O–H groups in total. The van der Waals surface area contributed by atoms with Crippen LogP contribution in [-0.2, 0) is 0 Å². The molecule has 0 saturated carbocycles. The number of hydrogen-bond donors (Lipinski definition) is 1. The molecule has 3 heterocycles. The number of rotatable bonds is 7. The van der Waals surface area contributed by atoms with Crippen LogP contribution < -0.4 is 15.8 Å². The average Bonchev–Trinajstić information content (AvgIpc) is 2.99. The molecule has 0 amide bonds. The summed E-state index contributed by atoms with van der Waals surface area (Å²) >= 11 is 0. The predicted molar refractivity (Wildman–Crippen MR) is 159 cm³/mol. The van der Waals surface area contributed by atoms with Crippen molar-refractivity contribution in [3.8, 4) is 0 Å². The zero-order valence-electron chi connectivity index (χ0n) is 22.2. The number of piperidine rings is 1. The first kappa shape index (κ1) is 24.9. The summed E-state index contributed by atoms with van der Waals surface area (Å²) in [6.45, 7) is 4.33. The Morgan fingerprint density at radius 1 is 0.769 bits per heavy atom. The summed E-state index contributed by atoms with van der Waals surface area (Å²) in [6.07, 6.45) is 5.60. The van der Waals surface area contributed by atoms with E-state index in [9.17, 15) is 4.79 Å². The van der Waals surface area contributed by atoms with Gasteiger partial charge in [-0.3, -0.25) is 9.36 Å². The molecule has 3 aromatic carbocycles. The van der Waals surface area contributed by atoms with E-state index in [0.717, 1.165) is 35.3 Å². The molecule has 6 rings (SSSR count). The highest BCUT2D eigenvalue weighted by molar-refractivity contribution is 5.76. The van der Waals surface area contributed by atoms with Gasteiger partial charge in [0.05, 0.1) is 0 Å². The topological polar surface area (TPSA) is 63.1 Å². The molecule has 196 valence electrons. The SMILES string of the molecule is CC(C(c1ccccc1)c1ccccc1)n1c(=O)ccc2cnc(Nc3ccc(N4CCCCC4)cc3)nc21. The van der Waals surface area contributed by atoms with Crippen molar-refractivity contribution in [2.24, 2.45) is 0 Å². The summed E-state index contributed by atoms with van der Waals surface area (Å²) < 4.78 is 1.81. The molecular formula is C33H33N5O. The molecule has 0 spiro atoms. The van der Waals surface area contributed by atoms with E-state index in [1.54, 1.807) is 18.3 Å². The molecule has 0 radical (unpaired) electrons. The number of hydrogen-bond acceptors (Lipinski definition) is 5. The summed E-state index contributed by atoms with van der Waals surface area (Å²) in [5, 5.41) is 4.17. The molecule has 1 atom stereocenters. The van der Waals surface area contributed by atoms with Crippen LogP contribution in [0, 0.1) is 0 Å². The summed E-state index contributed by atoms with van der Waals surface area (Å²) in [5.74, 6) is 0.445. The van der Waals surface area contributed by atoms with E-state index in [4.69, 9.17) is 4.98 Å². The second-order valence-electron chi connectivity index (χ2n) is 10.3. The van der Waals surface area contributed by atoms with Crippen LogP contribution in [0.25, 0.3) is 11.0 Å². The second-order valence-corrected chi connectivity index (χ2v) is 10.3. The van der Waals surface area contributed by atoms with Gasteiger partial charge >= 0.3 is 0 Å². The van der Waals surface area contributed by atoms with E-state index >= 15 is 0 Å². The summed E-state index contributed by atoms with van der Waals surface area (Å²) in [4.78, 5) is 25.2. The minimum absolute atomic E-state index is 0.0237. The van der Waals surface area contributed by atoms with Crippen LogP contribution in [-0.4, -0.2) is 27.6 Å². The molecule has 1 saturated heterocycles. The molecule has 1 aliphatic heterocycles. The molecule has 1 fully saturated rings. The average molecular weight is 516 g/mol. The Kier molecular flexibility index (Phi) is 7.09. The second kappa shape index (κ2) is 11.1. The highest BCUT2D eigenvalue weighted by Crippen LogP contribution is 2.35. The number of pyridine rings is 1. The van der Waals surface area contributed by atoms with Crippen molar-refractivity contribution < 1.29 is 0 Å². The number of nitrogens with one attached hydrogen (secondary N) is 1. The largest absolute Gasteiger partial charge is 0.372 e. The normalized spacial score (nSPS) is 14.5. The van der Waals surface area contributed by atoms with E-state index in [1.165, 1.54) is 24.9 Å². The van der Waals surface area contributed by atoms with Gasteiger partial charge in [0.25, 0.3) is 5.56 Å². The lowest BCUT2D eigenvalue weighted by molar-refractivity contribution is 0.487. The van der Waals surface area contributed by atoms with Gasteiger partial charge in [-0.15, -0.1) is 0 Å². The lowest BCUT2D eigenvalue weighted by atomic mass is 9.85. The van der Waals surface area contributed by atoms with Gasteiger partial charge in [0, 0.05) is 54.1 Å². The fourth-order valence-corrected chi connectivity index (χ4v) is 5.75. The Morgan fingerprint density at radius 2 is 1.41 bits per heavy atom. The summed E-state index contributed by atoms with van der Waals surface area (Å²) in [6, 6.07) is 32.4. The van der Waals surface area contributed by atoms with Gasteiger partial charge in [-0.05, 0) is 67.6 Å². The van der Waals surface area contributed by atoms with Gasteiger partial charge in [0.15, 0.2) is 0 Å². The van der Waals surface area contributed by atoms with Gasteiger partial charge in [-0.1, -0.05) is 60.7 Å². The lowest BCUT2D eigenvalue weighted by Crippen LogP contribution is -2.29. The van der Waals surface area contributed by atoms with Crippen molar-refractivity contribution in [2.75, 3.05) is 23.3 Å². The molecular weight excluding hydrogens is 482 g/mol. The smallest absolute Gasteiger partial charge is 0.252 e. The van der Waals surface area contributed by atoms with Crippen molar-refractivity contribution in [2.45, 2.75) is 38.1 Å². The molecule has 0 bridgehead atoms. The first-order valence-electron chi connectivity index (χ1n) is 13.8. The third-order valence-electron chi connectivity index (χ3n) is 7.72. The summed E-state index contributed by atoms with van der Waals surface area (Å²) in [5.41, 5.74) is 5.01. The Morgan fingerprint density at radius 3 is 2.05 bits per heavy atom. The van der Waals surface area contributed by atoms with Crippen LogP contribution >= 0.6 is 0 Å². The quantitative estimate of drug-likeness (QED) is 0.255. The van der Waals surface area contributed by atoms with Gasteiger partial charge in [-0.2, -0.15) is 4.98 Å². The van der Waals surface area contributed by atoms with Crippen LogP contribution in [0.1, 0.15) is 49.3 Å². The van der Waals surface area contributed by atoms with Crippen LogP contribution in [0.2, 0.25) is 0 Å². The Bertz CT molecular complexity index is 1550. The first-order chi connectivity index (χ1) is 19.2. The van der Waals surface area contributed by atoms with Gasteiger partial charge in [-0.25, -0.2) is 4.98 Å². The molecule has 1 aliphatic rings. The number of benzene rings is 3. The maximum absolute atomic E-state index is 13.4. The molecule has 0 aliphatic carbocycles. The molecule has 39 heavy (non-hydrogen) atoms. The maximum Gasteiger partial charge on any atom is 0.252 e. The predicted octanol–water partition coefficient (Wildman–Crippen LogP) is 6.92. The molecule has 6 heteroatoms. The number of anilines is 3. The highest BCUT2D eigenvalue weighted by Gasteiger charge is 2.25. The Hall–Kier alpha value is -4.45. The third-order valence-corrected chi connectivity index (χ3v) is 7.72. The van der Waals surface area contributed by atoms with Crippen LogP contribution in [0.4, 0.5) is 17.3 Å². The van der Waals surface area contributed by atoms with E-state index in [0.29, 0.717) is 11.6 Å². The molecule has 1 unspecified atom stereocenters. The molecule has 2 aromatic heterocycles. The van der Waals surface area contributed by atoms with E-state index in [-0.39, 0.29) is 17.5 Å². The third kappa shape index (κ3) is 5.28. The number of aromatic nitrogens is 3. The minimum Gasteiger partial charge on any atom is -0.372 e. The zero-order chi connectivity index (χ0) is 26.6. The van der Waals surface area contributed by atoms with Gasteiger partial charge in [0.2, 0.25) is 5.95 Å². The van der Waals surface area contributed by atoms with Crippen LogP contribution in [0.3, 0.4) is 0 Å². The fourth-order valence-electron chi connectivity index (χ4n) is 5.75. The van der Waals surface area contributed by atoms with Crippen LogP contribution in [0.15, 0.2) is 108 Å². The lowest BCUT2D eigenvalue weighted by Gasteiger charge is -2.28. The van der Waals surface area contributed by atoms with Gasteiger partial charge in [0.1, 0.15) is 5.65 Å².